The van der Waals surface area contributed by atoms with Gasteiger partial charge in [0.25, 0.3) is 5.91 Å². The lowest BCUT2D eigenvalue weighted by Crippen LogP contribution is -2.26. The maximum atomic E-state index is 12.0. The second-order valence-corrected chi connectivity index (χ2v) is 5.16. The number of hydrogen-bond donors (Lipinski definition) is 1. The molecule has 1 fully saturated rings. The van der Waals surface area contributed by atoms with E-state index in [1.54, 1.807) is 24.5 Å². The number of benzene rings is 1. The first kappa shape index (κ1) is 12.2. The van der Waals surface area contributed by atoms with Crippen molar-refractivity contribution in [2.75, 3.05) is 0 Å². The minimum atomic E-state index is -0.0670. The molecule has 1 aliphatic carbocycles. The van der Waals surface area contributed by atoms with Crippen LogP contribution >= 0.6 is 11.6 Å². The van der Waals surface area contributed by atoms with Gasteiger partial charge in [-0.3, -0.25) is 9.78 Å². The van der Waals surface area contributed by atoms with E-state index >= 15 is 0 Å². The Morgan fingerprint density at radius 3 is 2.95 bits per heavy atom. The van der Waals surface area contributed by atoms with Gasteiger partial charge in [-0.2, -0.15) is 0 Å². The lowest BCUT2D eigenvalue weighted by molar-refractivity contribution is 0.0950. The van der Waals surface area contributed by atoms with Crippen LogP contribution in [0.3, 0.4) is 0 Å². The largest absolute Gasteiger partial charge is 0.349 e. The van der Waals surface area contributed by atoms with Gasteiger partial charge in [-0.1, -0.05) is 23.7 Å². The first-order chi connectivity index (χ1) is 9.24. The van der Waals surface area contributed by atoms with Gasteiger partial charge in [-0.05, 0) is 36.2 Å². The number of halogens is 1. The van der Waals surface area contributed by atoms with E-state index in [0.29, 0.717) is 11.5 Å². The molecule has 0 bridgehead atoms. The summed E-state index contributed by atoms with van der Waals surface area (Å²) >= 11 is 5.97. The molecular formula is C15H13ClN2O. The average molecular weight is 273 g/mol. The topological polar surface area (TPSA) is 42.0 Å². The first-order valence-electron chi connectivity index (χ1n) is 6.20. The number of aromatic nitrogens is 1. The molecule has 96 valence electrons. The molecule has 1 aliphatic rings. The molecule has 1 heterocycles. The van der Waals surface area contributed by atoms with Crippen LogP contribution in [0.2, 0.25) is 5.02 Å². The highest BCUT2D eigenvalue weighted by molar-refractivity contribution is 6.30. The van der Waals surface area contributed by atoms with Gasteiger partial charge in [-0.15, -0.1) is 0 Å². The summed E-state index contributed by atoms with van der Waals surface area (Å²) < 4.78 is 0. The van der Waals surface area contributed by atoms with Crippen molar-refractivity contribution in [2.45, 2.75) is 18.4 Å². The van der Waals surface area contributed by atoms with Gasteiger partial charge in [0.2, 0.25) is 0 Å². The lowest BCUT2D eigenvalue weighted by atomic mass is 10.1. The van der Waals surface area contributed by atoms with Gasteiger partial charge < -0.3 is 5.32 Å². The minimum absolute atomic E-state index is 0.0670. The molecular weight excluding hydrogens is 260 g/mol. The second-order valence-electron chi connectivity index (χ2n) is 4.72. The number of rotatable bonds is 3. The summed E-state index contributed by atoms with van der Waals surface area (Å²) in [4.78, 5) is 15.9. The standard InChI is InChI=1S/C15H13ClN2O/c16-12-5-1-3-10(7-12)13-8-14(13)18-15(19)11-4-2-6-17-9-11/h1-7,9,13-14H,8H2,(H,18,19)/t13-,14-/m0/s1. The molecule has 0 radical (unpaired) electrons. The van der Waals surface area contributed by atoms with Crippen molar-refractivity contribution in [3.8, 4) is 0 Å². The SMILES string of the molecule is O=C(N[C@H]1C[C@H]1c1cccc(Cl)c1)c1cccnc1. The Morgan fingerprint density at radius 2 is 2.21 bits per heavy atom. The molecule has 2 aromatic rings. The summed E-state index contributed by atoms with van der Waals surface area (Å²) in [6.07, 6.45) is 4.20. The van der Waals surface area contributed by atoms with Gasteiger partial charge >= 0.3 is 0 Å². The number of nitrogens with zero attached hydrogens (tertiary/aromatic N) is 1. The molecule has 3 nitrogen and oxygen atoms in total. The molecule has 0 unspecified atom stereocenters. The van der Waals surface area contributed by atoms with Crippen LogP contribution in [-0.2, 0) is 0 Å². The van der Waals surface area contributed by atoms with Crippen LogP contribution in [-0.4, -0.2) is 16.9 Å². The summed E-state index contributed by atoms with van der Waals surface area (Å²) in [6.45, 7) is 0. The van der Waals surface area contributed by atoms with Crippen LogP contribution < -0.4 is 5.32 Å². The third-order valence-corrected chi connectivity index (χ3v) is 3.54. The Labute approximate surface area is 116 Å². The van der Waals surface area contributed by atoms with Crippen LogP contribution in [0.25, 0.3) is 0 Å². The predicted molar refractivity (Wildman–Crippen MR) is 74.3 cm³/mol. The van der Waals surface area contributed by atoms with E-state index in [0.717, 1.165) is 11.4 Å². The Hall–Kier alpha value is -1.87. The Morgan fingerprint density at radius 1 is 1.32 bits per heavy atom. The maximum absolute atomic E-state index is 12.0. The minimum Gasteiger partial charge on any atom is -0.349 e. The zero-order valence-corrected chi connectivity index (χ0v) is 11.0. The number of carbonyl (C=O) groups excluding carboxylic acids is 1. The van der Waals surface area contributed by atoms with E-state index in [1.165, 1.54) is 5.56 Å². The van der Waals surface area contributed by atoms with E-state index in [2.05, 4.69) is 10.3 Å². The van der Waals surface area contributed by atoms with Gasteiger partial charge in [-0.25, -0.2) is 0 Å². The third-order valence-electron chi connectivity index (χ3n) is 3.31. The highest BCUT2D eigenvalue weighted by Crippen LogP contribution is 2.41. The van der Waals surface area contributed by atoms with Crippen LogP contribution in [0.4, 0.5) is 0 Å². The monoisotopic (exact) mass is 272 g/mol. The number of nitrogens with one attached hydrogen (secondary N) is 1. The number of pyridine rings is 1. The fraction of sp³-hybridized carbons (Fsp3) is 0.200. The molecule has 0 spiro atoms. The molecule has 19 heavy (non-hydrogen) atoms. The van der Waals surface area contributed by atoms with Crippen molar-refractivity contribution in [1.82, 2.24) is 10.3 Å². The zero-order chi connectivity index (χ0) is 13.2. The summed E-state index contributed by atoms with van der Waals surface area (Å²) in [6, 6.07) is 11.5. The molecule has 1 saturated carbocycles. The maximum Gasteiger partial charge on any atom is 0.253 e. The van der Waals surface area contributed by atoms with Gasteiger partial charge in [0.05, 0.1) is 5.56 Å². The molecule has 1 aromatic heterocycles. The van der Waals surface area contributed by atoms with Crippen molar-refractivity contribution in [3.05, 3.63) is 64.9 Å². The van der Waals surface area contributed by atoms with E-state index in [9.17, 15) is 4.79 Å². The van der Waals surface area contributed by atoms with Crippen molar-refractivity contribution in [3.63, 3.8) is 0 Å². The highest BCUT2D eigenvalue weighted by Gasteiger charge is 2.39. The van der Waals surface area contributed by atoms with Crippen molar-refractivity contribution in [2.24, 2.45) is 0 Å². The van der Waals surface area contributed by atoms with Crippen molar-refractivity contribution >= 4 is 17.5 Å². The van der Waals surface area contributed by atoms with E-state index in [4.69, 9.17) is 11.6 Å². The van der Waals surface area contributed by atoms with E-state index in [-0.39, 0.29) is 11.9 Å². The van der Waals surface area contributed by atoms with Gasteiger partial charge in [0, 0.05) is 29.4 Å². The third kappa shape index (κ3) is 2.76. The van der Waals surface area contributed by atoms with Crippen molar-refractivity contribution in [1.29, 1.82) is 0 Å². The molecule has 1 aromatic carbocycles. The smallest absolute Gasteiger partial charge is 0.253 e. The summed E-state index contributed by atoms with van der Waals surface area (Å²) in [5, 5.41) is 3.75. The second kappa shape index (κ2) is 5.02. The Balaban J connectivity index is 1.64. The normalized spacial score (nSPS) is 20.9. The fourth-order valence-corrected chi connectivity index (χ4v) is 2.41. The molecule has 1 N–H and O–H groups in total. The molecule has 2 atom stereocenters. The van der Waals surface area contributed by atoms with Crippen LogP contribution in [0.5, 0.6) is 0 Å². The number of hydrogen-bond acceptors (Lipinski definition) is 2. The quantitative estimate of drug-likeness (QED) is 0.933. The van der Waals surface area contributed by atoms with Crippen LogP contribution in [0.1, 0.15) is 28.3 Å². The fourth-order valence-electron chi connectivity index (χ4n) is 2.21. The van der Waals surface area contributed by atoms with Crippen molar-refractivity contribution < 1.29 is 4.79 Å². The first-order valence-corrected chi connectivity index (χ1v) is 6.58. The summed E-state index contributed by atoms with van der Waals surface area (Å²) in [5.74, 6) is 0.307. The lowest BCUT2D eigenvalue weighted by Gasteiger charge is -2.04. The highest BCUT2D eigenvalue weighted by atomic mass is 35.5. The molecule has 0 aliphatic heterocycles. The Kier molecular flexibility index (Phi) is 3.22. The molecule has 0 saturated heterocycles. The summed E-state index contributed by atoms with van der Waals surface area (Å²) in [5.41, 5.74) is 1.78. The van der Waals surface area contributed by atoms with Crippen LogP contribution in [0, 0.1) is 0 Å². The molecule has 4 heteroatoms. The van der Waals surface area contributed by atoms with E-state index < -0.39 is 0 Å². The van der Waals surface area contributed by atoms with Crippen LogP contribution in [0.15, 0.2) is 48.8 Å². The number of amides is 1. The zero-order valence-electron chi connectivity index (χ0n) is 10.2. The predicted octanol–water partition coefficient (Wildman–Crippen LogP) is 3.02. The number of carbonyl (C=O) groups is 1. The average Bonchev–Trinajstić information content (AvgIpc) is 3.19. The Bertz CT molecular complexity index is 600. The van der Waals surface area contributed by atoms with Gasteiger partial charge in [0.15, 0.2) is 0 Å². The molecule has 3 rings (SSSR count). The van der Waals surface area contributed by atoms with Gasteiger partial charge in [0.1, 0.15) is 0 Å². The summed E-state index contributed by atoms with van der Waals surface area (Å²) in [7, 11) is 0. The molecule has 1 amide bonds. The van der Waals surface area contributed by atoms with E-state index in [1.807, 2.05) is 24.3 Å².